The number of likely N-dealkylation sites (tertiary alicyclic amines) is 1. The lowest BCUT2D eigenvalue weighted by molar-refractivity contribution is 0.411. The minimum absolute atomic E-state index is 0.319. The maximum Gasteiger partial charge on any atom is 0.0394 e. The van der Waals surface area contributed by atoms with Crippen molar-refractivity contribution in [1.82, 2.24) is 9.88 Å². The third-order valence-corrected chi connectivity index (χ3v) is 2.34. The van der Waals surface area contributed by atoms with Gasteiger partial charge in [0.15, 0.2) is 0 Å². The molecule has 12 heavy (non-hydrogen) atoms. The third-order valence-electron chi connectivity index (χ3n) is 2.34. The normalized spacial score (nSPS) is 29.3. The Morgan fingerprint density at radius 2 is 2.75 bits per heavy atom. The molecule has 2 heteroatoms. The molecule has 0 amide bonds. The molecule has 0 aromatic carbocycles. The summed E-state index contributed by atoms with van der Waals surface area (Å²) in [6.45, 7) is -0.685. The van der Waals surface area contributed by atoms with Gasteiger partial charge in [0.2, 0.25) is 0 Å². The molecule has 1 aromatic heterocycles. The van der Waals surface area contributed by atoms with Crippen molar-refractivity contribution in [3.8, 4) is 0 Å². The average Bonchev–Trinajstić information content (AvgIpc) is 2.67. The van der Waals surface area contributed by atoms with Crippen LogP contribution in [0.5, 0.6) is 0 Å². The van der Waals surface area contributed by atoms with Crippen LogP contribution in [0.2, 0.25) is 0 Å². The number of nitrogens with zero attached hydrogens (tertiary/aromatic N) is 2. The van der Waals surface area contributed by atoms with Gasteiger partial charge in [0.25, 0.3) is 0 Å². The van der Waals surface area contributed by atoms with Gasteiger partial charge in [0.1, 0.15) is 0 Å². The summed E-state index contributed by atoms with van der Waals surface area (Å²) in [6, 6.07) is 3.91. The van der Waals surface area contributed by atoms with Gasteiger partial charge in [-0.1, -0.05) is 6.07 Å². The van der Waals surface area contributed by atoms with Crippen LogP contribution in [-0.2, 0) is 0 Å². The van der Waals surface area contributed by atoms with E-state index in [1.165, 1.54) is 0 Å². The highest BCUT2D eigenvalue weighted by atomic mass is 15.1. The maximum atomic E-state index is 7.33. The lowest BCUT2D eigenvalue weighted by Gasteiger charge is -2.09. The molecule has 1 aliphatic rings. The molecular formula is C10H14N2. The molecule has 0 N–H and O–H groups in total. The first-order chi connectivity index (χ1) is 7.07. The molecular weight excluding hydrogens is 148 g/mol. The molecule has 2 heterocycles. The predicted molar refractivity (Wildman–Crippen MR) is 49.1 cm³/mol. The number of aromatic nitrogens is 1. The zero-order valence-corrected chi connectivity index (χ0v) is 6.90. The fraction of sp³-hybridized carbons (Fsp3) is 0.500. The van der Waals surface area contributed by atoms with Crippen LogP contribution in [0.3, 0.4) is 0 Å². The second kappa shape index (κ2) is 3.23. The van der Waals surface area contributed by atoms with Crippen LogP contribution in [0.25, 0.3) is 0 Å². The number of rotatable bonds is 1. The first-order valence-electron chi connectivity index (χ1n) is 5.72. The van der Waals surface area contributed by atoms with Gasteiger partial charge < -0.3 is 4.90 Å². The van der Waals surface area contributed by atoms with E-state index in [0.29, 0.717) is 19.0 Å². The highest BCUT2D eigenvalue weighted by Gasteiger charge is 2.20. The van der Waals surface area contributed by atoms with E-state index < -0.39 is 6.98 Å². The molecule has 1 saturated heterocycles. The molecule has 1 fully saturated rings. The predicted octanol–water partition coefficient (Wildman–Crippen LogP) is 1.50. The highest BCUT2D eigenvalue weighted by Crippen LogP contribution is 2.24. The van der Waals surface area contributed by atoms with E-state index in [2.05, 4.69) is 4.98 Å². The summed E-state index contributed by atoms with van der Waals surface area (Å²) in [5.74, 6) is 0.319. The molecule has 1 unspecified atom stereocenters. The van der Waals surface area contributed by atoms with Crippen LogP contribution in [0.4, 0.5) is 0 Å². The highest BCUT2D eigenvalue weighted by molar-refractivity contribution is 5.16. The van der Waals surface area contributed by atoms with Crippen LogP contribution >= 0.6 is 0 Å². The maximum absolute atomic E-state index is 7.33. The average molecular weight is 165 g/mol. The van der Waals surface area contributed by atoms with Gasteiger partial charge >= 0.3 is 0 Å². The van der Waals surface area contributed by atoms with Crippen LogP contribution < -0.4 is 0 Å². The number of hydrogen-bond donors (Lipinski definition) is 0. The summed E-state index contributed by atoms with van der Waals surface area (Å²) < 4.78 is 22.0. The second-order valence-corrected chi connectivity index (χ2v) is 3.22. The third kappa shape index (κ3) is 1.48. The lowest BCUT2D eigenvalue weighted by Crippen LogP contribution is -2.13. The molecule has 2 nitrogen and oxygen atoms in total. The van der Waals surface area contributed by atoms with Crippen LogP contribution in [0.1, 0.15) is 22.0 Å². The van der Waals surface area contributed by atoms with Gasteiger partial charge in [-0.3, -0.25) is 4.98 Å². The largest absolute Gasteiger partial charge is 0.306 e. The molecule has 1 atom stereocenters. The first-order valence-corrected chi connectivity index (χ1v) is 4.22. The summed E-state index contributed by atoms with van der Waals surface area (Å²) in [5.41, 5.74) is 1.14. The summed E-state index contributed by atoms with van der Waals surface area (Å²) in [5, 5.41) is 0. The van der Waals surface area contributed by atoms with Crippen molar-refractivity contribution in [3.05, 3.63) is 30.1 Å². The Hall–Kier alpha value is -0.890. The van der Waals surface area contributed by atoms with E-state index in [4.69, 9.17) is 4.11 Å². The molecule has 0 aliphatic carbocycles. The first kappa shape index (κ1) is 4.97. The standard InChI is InChI=1S/C10H14N2/c1-12-6-4-10(8-12)9-3-2-5-11-7-9/h2-3,5,7,10H,4,6,8H2,1H3/i1D3. The number of pyridine rings is 1. The van der Waals surface area contributed by atoms with E-state index in [1.807, 2.05) is 18.3 Å². The SMILES string of the molecule is [2H]C([2H])([2H])N1CCC(c2cccnc2)C1. The van der Waals surface area contributed by atoms with E-state index in [1.54, 1.807) is 11.1 Å². The number of likely N-dealkylation sites (N-methyl/N-ethyl adjacent to an activating group) is 1. The zero-order chi connectivity index (χ0) is 10.9. The van der Waals surface area contributed by atoms with Gasteiger partial charge in [-0.25, -0.2) is 0 Å². The summed E-state index contributed by atoms with van der Waals surface area (Å²) in [4.78, 5) is 5.62. The molecule has 0 spiro atoms. The molecule has 0 saturated carbocycles. The van der Waals surface area contributed by atoms with Crippen molar-refractivity contribution in [3.63, 3.8) is 0 Å². The Morgan fingerprint density at radius 3 is 3.42 bits per heavy atom. The topological polar surface area (TPSA) is 16.1 Å². The minimum Gasteiger partial charge on any atom is -0.306 e. The lowest BCUT2D eigenvalue weighted by atomic mass is 10.0. The van der Waals surface area contributed by atoms with E-state index >= 15 is 0 Å². The molecule has 1 aliphatic heterocycles. The van der Waals surface area contributed by atoms with Crippen LogP contribution in [-0.4, -0.2) is 29.9 Å². The Morgan fingerprint density at radius 1 is 1.75 bits per heavy atom. The molecule has 64 valence electrons. The van der Waals surface area contributed by atoms with Crippen molar-refractivity contribution in [2.24, 2.45) is 0 Å². The Bertz CT molecular complexity index is 323. The quantitative estimate of drug-likeness (QED) is 0.627. The Labute approximate surface area is 77.4 Å². The van der Waals surface area contributed by atoms with Crippen molar-refractivity contribution in [2.75, 3.05) is 20.1 Å². The van der Waals surface area contributed by atoms with E-state index in [9.17, 15) is 0 Å². The molecule has 2 rings (SSSR count). The van der Waals surface area contributed by atoms with E-state index in [0.717, 1.165) is 12.0 Å². The molecule has 0 bridgehead atoms. The van der Waals surface area contributed by atoms with Crippen LogP contribution in [0.15, 0.2) is 24.5 Å². The minimum atomic E-state index is -1.95. The van der Waals surface area contributed by atoms with Crippen molar-refractivity contribution in [1.29, 1.82) is 0 Å². The fourth-order valence-electron chi connectivity index (χ4n) is 1.65. The van der Waals surface area contributed by atoms with E-state index in [-0.39, 0.29) is 0 Å². The van der Waals surface area contributed by atoms with Crippen molar-refractivity contribution < 1.29 is 4.11 Å². The summed E-state index contributed by atoms with van der Waals surface area (Å²) in [7, 11) is 0. The zero-order valence-electron chi connectivity index (χ0n) is 9.90. The Balaban J connectivity index is 2.05. The summed E-state index contributed by atoms with van der Waals surface area (Å²) in [6.07, 6.45) is 4.47. The Kier molecular flexibility index (Phi) is 1.34. The van der Waals surface area contributed by atoms with Gasteiger partial charge in [0.05, 0.1) is 0 Å². The van der Waals surface area contributed by atoms with Gasteiger partial charge in [0, 0.05) is 23.1 Å². The fourth-order valence-corrected chi connectivity index (χ4v) is 1.65. The van der Waals surface area contributed by atoms with Gasteiger partial charge in [-0.2, -0.15) is 0 Å². The van der Waals surface area contributed by atoms with Crippen LogP contribution in [0, 0.1) is 0 Å². The second-order valence-electron chi connectivity index (χ2n) is 3.22. The van der Waals surface area contributed by atoms with Crippen molar-refractivity contribution >= 4 is 0 Å². The molecule has 1 aromatic rings. The van der Waals surface area contributed by atoms with Gasteiger partial charge in [-0.15, -0.1) is 0 Å². The van der Waals surface area contributed by atoms with Crippen molar-refractivity contribution in [2.45, 2.75) is 12.3 Å². The smallest absolute Gasteiger partial charge is 0.0394 e. The number of hydrogen-bond acceptors (Lipinski definition) is 2. The molecule has 0 radical (unpaired) electrons. The monoisotopic (exact) mass is 165 g/mol. The summed E-state index contributed by atoms with van der Waals surface area (Å²) >= 11 is 0. The van der Waals surface area contributed by atoms with Gasteiger partial charge in [-0.05, 0) is 37.5 Å².